The van der Waals surface area contributed by atoms with Crippen LogP contribution in [0.4, 0.5) is 0 Å². The number of nitrogens with zero attached hydrogens (tertiary/aromatic N) is 1. The average molecular weight is 255 g/mol. The van der Waals surface area contributed by atoms with Crippen LogP contribution in [0.2, 0.25) is 0 Å². The zero-order valence-corrected chi connectivity index (χ0v) is 12.3. The van der Waals surface area contributed by atoms with Gasteiger partial charge >= 0.3 is 0 Å². The summed E-state index contributed by atoms with van der Waals surface area (Å²) in [4.78, 5) is 14.2. The number of hydrogen-bond acceptors (Lipinski definition) is 3. The third-order valence-corrected chi connectivity index (χ3v) is 3.97. The van der Waals surface area contributed by atoms with Gasteiger partial charge in [0.2, 0.25) is 5.91 Å². The average Bonchev–Trinajstić information content (AvgIpc) is 2.25. The Morgan fingerprint density at radius 2 is 2.06 bits per heavy atom. The van der Waals surface area contributed by atoms with Crippen LogP contribution >= 0.6 is 0 Å². The molecular formula is C14H29N3O. The molecule has 0 saturated heterocycles. The minimum atomic E-state index is -0.0545. The lowest BCUT2D eigenvalue weighted by molar-refractivity contribution is -0.126. The molecule has 4 nitrogen and oxygen atoms in total. The van der Waals surface area contributed by atoms with Crippen molar-refractivity contribution in [2.24, 2.45) is 11.7 Å². The van der Waals surface area contributed by atoms with Crippen LogP contribution in [-0.4, -0.2) is 42.5 Å². The van der Waals surface area contributed by atoms with Gasteiger partial charge in [0, 0.05) is 18.6 Å². The maximum Gasteiger partial charge on any atom is 0.237 e. The number of likely N-dealkylation sites (N-methyl/N-ethyl adjacent to an activating group) is 1. The lowest BCUT2D eigenvalue weighted by atomic mass is 9.80. The van der Waals surface area contributed by atoms with E-state index in [0.717, 1.165) is 32.2 Å². The molecule has 4 heteroatoms. The third kappa shape index (κ3) is 4.58. The second-order valence-electron chi connectivity index (χ2n) is 5.91. The number of rotatable bonds is 7. The fraction of sp³-hybridized carbons (Fsp3) is 0.929. The molecule has 2 unspecified atom stereocenters. The maximum absolute atomic E-state index is 12.0. The standard InChI is InChI=1S/C14H29N3O/c1-5-6-10(2)16-14(18)11(3)17(4)9-12-7-13(15)8-12/h10-13H,5-9,15H2,1-4H3,(H,16,18). The highest BCUT2D eigenvalue weighted by Crippen LogP contribution is 2.26. The molecule has 1 fully saturated rings. The molecule has 1 saturated carbocycles. The van der Waals surface area contributed by atoms with E-state index in [1.54, 1.807) is 0 Å². The molecule has 1 aliphatic rings. The zero-order chi connectivity index (χ0) is 13.7. The van der Waals surface area contributed by atoms with E-state index >= 15 is 0 Å². The van der Waals surface area contributed by atoms with Crippen LogP contribution in [0.1, 0.15) is 46.5 Å². The van der Waals surface area contributed by atoms with Crippen molar-refractivity contribution >= 4 is 5.91 Å². The predicted octanol–water partition coefficient (Wildman–Crippen LogP) is 1.35. The largest absolute Gasteiger partial charge is 0.352 e. The highest BCUT2D eigenvalue weighted by atomic mass is 16.2. The van der Waals surface area contributed by atoms with E-state index in [1.807, 2.05) is 14.0 Å². The van der Waals surface area contributed by atoms with E-state index in [4.69, 9.17) is 5.73 Å². The van der Waals surface area contributed by atoms with Crippen LogP contribution in [0.25, 0.3) is 0 Å². The summed E-state index contributed by atoms with van der Waals surface area (Å²) in [5.74, 6) is 0.815. The third-order valence-electron chi connectivity index (χ3n) is 3.97. The van der Waals surface area contributed by atoms with Gasteiger partial charge in [-0.3, -0.25) is 9.69 Å². The van der Waals surface area contributed by atoms with E-state index in [1.165, 1.54) is 0 Å². The summed E-state index contributed by atoms with van der Waals surface area (Å²) >= 11 is 0. The van der Waals surface area contributed by atoms with Gasteiger partial charge in [-0.25, -0.2) is 0 Å². The van der Waals surface area contributed by atoms with Gasteiger partial charge in [-0.05, 0) is 46.1 Å². The van der Waals surface area contributed by atoms with E-state index in [0.29, 0.717) is 12.0 Å². The molecule has 0 aromatic carbocycles. The van der Waals surface area contributed by atoms with Crippen molar-refractivity contribution < 1.29 is 4.79 Å². The molecule has 3 N–H and O–H groups in total. The highest BCUT2D eigenvalue weighted by Gasteiger charge is 2.29. The SMILES string of the molecule is CCCC(C)NC(=O)C(C)N(C)CC1CC(N)C1. The summed E-state index contributed by atoms with van der Waals surface area (Å²) < 4.78 is 0. The van der Waals surface area contributed by atoms with Crippen LogP contribution in [0.15, 0.2) is 0 Å². The zero-order valence-electron chi connectivity index (χ0n) is 12.3. The number of nitrogens with two attached hydrogens (primary N) is 1. The number of amides is 1. The number of hydrogen-bond donors (Lipinski definition) is 2. The van der Waals surface area contributed by atoms with Crippen molar-refractivity contribution in [3.05, 3.63) is 0 Å². The van der Waals surface area contributed by atoms with Gasteiger partial charge in [0.15, 0.2) is 0 Å². The maximum atomic E-state index is 12.0. The smallest absolute Gasteiger partial charge is 0.237 e. The molecule has 1 amide bonds. The molecule has 18 heavy (non-hydrogen) atoms. The van der Waals surface area contributed by atoms with Gasteiger partial charge in [-0.15, -0.1) is 0 Å². The van der Waals surface area contributed by atoms with E-state index in [-0.39, 0.29) is 18.0 Å². The van der Waals surface area contributed by atoms with E-state index < -0.39 is 0 Å². The quantitative estimate of drug-likeness (QED) is 0.722. The summed E-state index contributed by atoms with van der Waals surface area (Å²) in [6.45, 7) is 7.16. The van der Waals surface area contributed by atoms with Crippen LogP contribution in [0.5, 0.6) is 0 Å². The van der Waals surface area contributed by atoms with Gasteiger partial charge in [-0.1, -0.05) is 13.3 Å². The molecule has 0 bridgehead atoms. The van der Waals surface area contributed by atoms with Crippen molar-refractivity contribution in [2.75, 3.05) is 13.6 Å². The van der Waals surface area contributed by atoms with Gasteiger partial charge in [0.1, 0.15) is 0 Å². The van der Waals surface area contributed by atoms with Crippen LogP contribution in [-0.2, 0) is 4.79 Å². The second-order valence-corrected chi connectivity index (χ2v) is 5.91. The van der Waals surface area contributed by atoms with Crippen LogP contribution in [0.3, 0.4) is 0 Å². The molecule has 0 heterocycles. The Morgan fingerprint density at radius 1 is 1.44 bits per heavy atom. The lowest BCUT2D eigenvalue weighted by Gasteiger charge is -2.37. The fourth-order valence-electron chi connectivity index (χ4n) is 2.57. The highest BCUT2D eigenvalue weighted by molar-refractivity contribution is 5.81. The first-order valence-electron chi connectivity index (χ1n) is 7.20. The molecule has 0 aromatic heterocycles. The van der Waals surface area contributed by atoms with Crippen molar-refractivity contribution in [3.63, 3.8) is 0 Å². The van der Waals surface area contributed by atoms with Gasteiger partial charge < -0.3 is 11.1 Å². The Hall–Kier alpha value is -0.610. The fourth-order valence-corrected chi connectivity index (χ4v) is 2.57. The monoisotopic (exact) mass is 255 g/mol. The summed E-state index contributed by atoms with van der Waals surface area (Å²) in [7, 11) is 2.03. The molecule has 0 radical (unpaired) electrons. The summed E-state index contributed by atoms with van der Waals surface area (Å²) in [6.07, 6.45) is 4.35. The van der Waals surface area contributed by atoms with Crippen LogP contribution < -0.4 is 11.1 Å². The van der Waals surface area contributed by atoms with E-state index in [2.05, 4.69) is 24.1 Å². The molecule has 2 atom stereocenters. The molecule has 0 aromatic rings. The normalized spacial score (nSPS) is 26.6. The number of carbonyl (C=O) groups excluding carboxylic acids is 1. The predicted molar refractivity (Wildman–Crippen MR) is 75.3 cm³/mol. The first-order chi connectivity index (χ1) is 8.43. The van der Waals surface area contributed by atoms with Crippen molar-refractivity contribution in [3.8, 4) is 0 Å². The molecule has 0 aliphatic heterocycles. The summed E-state index contributed by atoms with van der Waals surface area (Å²) in [6, 6.07) is 0.605. The van der Waals surface area contributed by atoms with Gasteiger partial charge in [-0.2, -0.15) is 0 Å². The van der Waals surface area contributed by atoms with Gasteiger partial charge in [0.05, 0.1) is 6.04 Å². The second kappa shape index (κ2) is 7.10. The summed E-state index contributed by atoms with van der Waals surface area (Å²) in [5, 5.41) is 3.07. The molecule has 1 rings (SSSR count). The van der Waals surface area contributed by atoms with E-state index in [9.17, 15) is 4.79 Å². The molecule has 106 valence electrons. The van der Waals surface area contributed by atoms with Crippen molar-refractivity contribution in [1.82, 2.24) is 10.2 Å². The van der Waals surface area contributed by atoms with Gasteiger partial charge in [0.25, 0.3) is 0 Å². The number of nitrogens with one attached hydrogen (secondary N) is 1. The van der Waals surface area contributed by atoms with Crippen molar-refractivity contribution in [1.29, 1.82) is 0 Å². The van der Waals surface area contributed by atoms with Crippen LogP contribution in [0, 0.1) is 5.92 Å². The minimum Gasteiger partial charge on any atom is -0.352 e. The number of carbonyl (C=O) groups is 1. The summed E-state index contributed by atoms with van der Waals surface area (Å²) in [5.41, 5.74) is 5.78. The lowest BCUT2D eigenvalue weighted by Crippen LogP contribution is -2.49. The Bertz CT molecular complexity index is 264. The van der Waals surface area contributed by atoms with Crippen molar-refractivity contribution in [2.45, 2.75) is 64.6 Å². The minimum absolute atomic E-state index is 0.0545. The molecule has 1 aliphatic carbocycles. The molecular weight excluding hydrogens is 226 g/mol. The molecule has 0 spiro atoms. The Labute approximate surface area is 111 Å². The first kappa shape index (κ1) is 15.4. The first-order valence-corrected chi connectivity index (χ1v) is 7.20. The Balaban J connectivity index is 2.28. The Kier molecular flexibility index (Phi) is 6.09. The topological polar surface area (TPSA) is 58.4 Å². The Morgan fingerprint density at radius 3 is 2.56 bits per heavy atom.